The molecule has 5 nitrogen and oxygen atoms in total. The molecule has 0 bridgehead atoms. The fourth-order valence-electron chi connectivity index (χ4n) is 2.10. The van der Waals surface area contributed by atoms with Gasteiger partial charge in [0.2, 0.25) is 5.91 Å². The maximum Gasteiger partial charge on any atom is 0.224 e. The first-order chi connectivity index (χ1) is 10.2. The molecule has 0 radical (unpaired) electrons. The summed E-state index contributed by atoms with van der Waals surface area (Å²) in [5.41, 5.74) is 6.76. The largest absolute Gasteiger partial charge is 0.409 e. The van der Waals surface area contributed by atoms with E-state index in [-0.39, 0.29) is 11.7 Å². The lowest BCUT2D eigenvalue weighted by atomic mass is 10.1. The second kappa shape index (κ2) is 9.80. The molecule has 1 aromatic rings. The van der Waals surface area contributed by atoms with Crippen LogP contribution < -0.4 is 11.1 Å². The fourth-order valence-corrected chi connectivity index (χ4v) is 2.10. The Hall–Kier alpha value is -2.04. The third-order valence-corrected chi connectivity index (χ3v) is 3.31. The summed E-state index contributed by atoms with van der Waals surface area (Å²) in [6.45, 7) is 2.19. The first-order valence-electron chi connectivity index (χ1n) is 7.55. The number of nitrogens with one attached hydrogen (secondary N) is 1. The molecule has 0 atom stereocenters. The van der Waals surface area contributed by atoms with E-state index in [0.717, 1.165) is 12.8 Å². The van der Waals surface area contributed by atoms with Gasteiger partial charge in [-0.1, -0.05) is 56.3 Å². The average molecular weight is 291 g/mol. The lowest BCUT2D eigenvalue weighted by Gasteiger charge is -2.07. The summed E-state index contributed by atoms with van der Waals surface area (Å²) in [5.74, 6) is 0.0316. The van der Waals surface area contributed by atoms with Crippen LogP contribution in [0.25, 0.3) is 0 Å². The van der Waals surface area contributed by atoms with Gasteiger partial charge in [0.25, 0.3) is 0 Å². The van der Waals surface area contributed by atoms with E-state index in [1.54, 1.807) is 24.3 Å². The predicted octanol–water partition coefficient (Wildman–Crippen LogP) is 3.47. The molecule has 1 rings (SSSR count). The summed E-state index contributed by atoms with van der Waals surface area (Å²) in [7, 11) is 0. The molecule has 0 aliphatic heterocycles. The smallest absolute Gasteiger partial charge is 0.224 e. The van der Waals surface area contributed by atoms with Crippen LogP contribution in [0.5, 0.6) is 0 Å². The Morgan fingerprint density at radius 1 is 1.24 bits per heavy atom. The van der Waals surface area contributed by atoms with E-state index < -0.39 is 0 Å². The molecule has 0 spiro atoms. The Kier molecular flexibility index (Phi) is 7.94. The molecule has 0 aromatic heterocycles. The van der Waals surface area contributed by atoms with Crippen molar-refractivity contribution in [1.29, 1.82) is 0 Å². The molecule has 0 saturated carbocycles. The molecule has 116 valence electrons. The third kappa shape index (κ3) is 6.79. The van der Waals surface area contributed by atoms with Gasteiger partial charge in [0.15, 0.2) is 5.84 Å². The van der Waals surface area contributed by atoms with Crippen LogP contribution in [0.15, 0.2) is 29.4 Å². The van der Waals surface area contributed by atoms with E-state index >= 15 is 0 Å². The Bertz CT molecular complexity index is 472. The highest BCUT2D eigenvalue weighted by Crippen LogP contribution is 2.12. The summed E-state index contributed by atoms with van der Waals surface area (Å²) in [4.78, 5) is 11.8. The normalized spacial score (nSPS) is 11.4. The van der Waals surface area contributed by atoms with Crippen LogP contribution in [0, 0.1) is 0 Å². The molecular weight excluding hydrogens is 266 g/mol. The number of rotatable bonds is 9. The van der Waals surface area contributed by atoms with Crippen molar-refractivity contribution >= 4 is 17.4 Å². The molecule has 0 heterocycles. The lowest BCUT2D eigenvalue weighted by molar-refractivity contribution is -0.116. The SMILES string of the molecule is CCCCCCCCC(=O)Nc1cccc(C(N)=NO)c1. The van der Waals surface area contributed by atoms with Crippen LogP contribution in [0.3, 0.4) is 0 Å². The molecule has 4 N–H and O–H groups in total. The predicted molar refractivity (Wildman–Crippen MR) is 85.6 cm³/mol. The van der Waals surface area contributed by atoms with Gasteiger partial charge in [0, 0.05) is 17.7 Å². The number of unbranched alkanes of at least 4 members (excludes halogenated alkanes) is 5. The van der Waals surface area contributed by atoms with Gasteiger partial charge in [-0.05, 0) is 18.6 Å². The van der Waals surface area contributed by atoms with E-state index in [4.69, 9.17) is 10.9 Å². The van der Waals surface area contributed by atoms with Crippen LogP contribution in [-0.4, -0.2) is 17.0 Å². The van der Waals surface area contributed by atoms with E-state index in [1.807, 2.05) is 0 Å². The van der Waals surface area contributed by atoms with Crippen molar-refractivity contribution in [3.63, 3.8) is 0 Å². The van der Waals surface area contributed by atoms with Gasteiger partial charge >= 0.3 is 0 Å². The minimum Gasteiger partial charge on any atom is -0.409 e. The highest BCUT2D eigenvalue weighted by atomic mass is 16.4. The third-order valence-electron chi connectivity index (χ3n) is 3.31. The number of amidine groups is 1. The summed E-state index contributed by atoms with van der Waals surface area (Å²) in [6.07, 6.45) is 7.48. The molecule has 0 fully saturated rings. The van der Waals surface area contributed by atoms with E-state index in [9.17, 15) is 4.79 Å². The maximum atomic E-state index is 11.8. The zero-order chi connectivity index (χ0) is 15.5. The Morgan fingerprint density at radius 2 is 1.95 bits per heavy atom. The lowest BCUT2D eigenvalue weighted by Crippen LogP contribution is -2.15. The molecule has 1 aromatic carbocycles. The monoisotopic (exact) mass is 291 g/mol. The molecule has 0 unspecified atom stereocenters. The number of amides is 1. The minimum atomic E-state index is 0.00199. The number of hydrogen-bond donors (Lipinski definition) is 3. The zero-order valence-electron chi connectivity index (χ0n) is 12.6. The number of carbonyl (C=O) groups excluding carboxylic acids is 1. The maximum absolute atomic E-state index is 11.8. The average Bonchev–Trinajstić information content (AvgIpc) is 2.50. The van der Waals surface area contributed by atoms with Gasteiger partial charge in [-0.25, -0.2) is 0 Å². The van der Waals surface area contributed by atoms with Crippen molar-refractivity contribution in [2.75, 3.05) is 5.32 Å². The summed E-state index contributed by atoms with van der Waals surface area (Å²) in [5, 5.41) is 14.4. The highest BCUT2D eigenvalue weighted by Gasteiger charge is 2.04. The van der Waals surface area contributed by atoms with Gasteiger partial charge in [-0.3, -0.25) is 4.79 Å². The van der Waals surface area contributed by atoms with Crippen molar-refractivity contribution in [2.45, 2.75) is 51.9 Å². The van der Waals surface area contributed by atoms with E-state index in [0.29, 0.717) is 17.7 Å². The van der Waals surface area contributed by atoms with E-state index in [1.165, 1.54) is 25.7 Å². The summed E-state index contributed by atoms with van der Waals surface area (Å²) < 4.78 is 0. The summed E-state index contributed by atoms with van der Waals surface area (Å²) in [6, 6.07) is 6.95. The van der Waals surface area contributed by atoms with Crippen LogP contribution >= 0.6 is 0 Å². The van der Waals surface area contributed by atoms with Crippen molar-refractivity contribution < 1.29 is 10.0 Å². The topological polar surface area (TPSA) is 87.7 Å². The Labute approximate surface area is 126 Å². The molecule has 0 aliphatic rings. The van der Waals surface area contributed by atoms with E-state index in [2.05, 4.69) is 17.4 Å². The van der Waals surface area contributed by atoms with Gasteiger partial charge < -0.3 is 16.3 Å². The first-order valence-corrected chi connectivity index (χ1v) is 7.55. The number of nitrogens with zero attached hydrogens (tertiary/aromatic N) is 1. The summed E-state index contributed by atoms with van der Waals surface area (Å²) >= 11 is 0. The van der Waals surface area contributed by atoms with Crippen LogP contribution in [0.2, 0.25) is 0 Å². The number of hydrogen-bond acceptors (Lipinski definition) is 3. The van der Waals surface area contributed by atoms with Crippen LogP contribution in [0.4, 0.5) is 5.69 Å². The molecule has 0 aliphatic carbocycles. The van der Waals surface area contributed by atoms with Gasteiger partial charge in [0.05, 0.1) is 0 Å². The number of benzene rings is 1. The second-order valence-corrected chi connectivity index (χ2v) is 5.13. The number of anilines is 1. The highest BCUT2D eigenvalue weighted by molar-refractivity contribution is 5.99. The first kappa shape index (κ1) is 17.0. The molecule has 21 heavy (non-hydrogen) atoms. The number of nitrogens with two attached hydrogens (primary N) is 1. The Balaban J connectivity index is 2.34. The minimum absolute atomic E-state index is 0.00199. The van der Waals surface area contributed by atoms with Crippen LogP contribution in [0.1, 0.15) is 57.4 Å². The standard InChI is InChI=1S/C16H25N3O2/c1-2-3-4-5-6-7-11-15(20)18-14-10-8-9-13(12-14)16(17)19-21/h8-10,12,21H,2-7,11H2,1H3,(H2,17,19)(H,18,20). The fraction of sp³-hybridized carbons (Fsp3) is 0.500. The molecule has 1 amide bonds. The molecule has 5 heteroatoms. The van der Waals surface area contributed by atoms with Crippen molar-refractivity contribution in [2.24, 2.45) is 10.9 Å². The second-order valence-electron chi connectivity index (χ2n) is 5.13. The van der Waals surface area contributed by atoms with Crippen molar-refractivity contribution in [3.8, 4) is 0 Å². The quantitative estimate of drug-likeness (QED) is 0.214. The number of carbonyl (C=O) groups is 1. The van der Waals surface area contributed by atoms with Gasteiger partial charge in [0.1, 0.15) is 0 Å². The number of oxime groups is 1. The molecular formula is C16H25N3O2. The zero-order valence-corrected chi connectivity index (χ0v) is 12.6. The van der Waals surface area contributed by atoms with Crippen molar-refractivity contribution in [3.05, 3.63) is 29.8 Å². The van der Waals surface area contributed by atoms with Crippen molar-refractivity contribution in [1.82, 2.24) is 0 Å². The van der Waals surface area contributed by atoms with Crippen LogP contribution in [-0.2, 0) is 4.79 Å². The molecule has 0 saturated heterocycles. The van der Waals surface area contributed by atoms with Gasteiger partial charge in [-0.2, -0.15) is 0 Å². The Morgan fingerprint density at radius 3 is 2.67 bits per heavy atom. The van der Waals surface area contributed by atoms with Gasteiger partial charge in [-0.15, -0.1) is 0 Å².